The SMILES string of the molecule is CCOCCCNC(=O)c1ccc(N(C)S(=O)(=O)c2ccc(C)cc2)c(C)c1. The number of carbonyl (C=O) groups is 1. The van der Waals surface area contributed by atoms with Crippen molar-refractivity contribution in [1.82, 2.24) is 5.32 Å². The maximum absolute atomic E-state index is 12.9. The van der Waals surface area contributed by atoms with Crippen LogP contribution in [0.5, 0.6) is 0 Å². The molecule has 0 heterocycles. The predicted molar refractivity (Wildman–Crippen MR) is 111 cm³/mol. The van der Waals surface area contributed by atoms with Gasteiger partial charge in [-0.1, -0.05) is 17.7 Å². The average Bonchev–Trinajstić information content (AvgIpc) is 2.67. The van der Waals surface area contributed by atoms with Crippen LogP contribution in [-0.2, 0) is 14.8 Å². The quantitative estimate of drug-likeness (QED) is 0.651. The van der Waals surface area contributed by atoms with Gasteiger partial charge in [0.25, 0.3) is 15.9 Å². The lowest BCUT2D eigenvalue weighted by Gasteiger charge is -2.22. The van der Waals surface area contributed by atoms with E-state index in [1.807, 2.05) is 13.8 Å². The molecule has 28 heavy (non-hydrogen) atoms. The Morgan fingerprint density at radius 1 is 1.11 bits per heavy atom. The van der Waals surface area contributed by atoms with Gasteiger partial charge < -0.3 is 10.1 Å². The molecule has 0 fully saturated rings. The summed E-state index contributed by atoms with van der Waals surface area (Å²) in [5.74, 6) is -0.185. The van der Waals surface area contributed by atoms with Crippen LogP contribution in [0, 0.1) is 13.8 Å². The van der Waals surface area contributed by atoms with Gasteiger partial charge in [0.1, 0.15) is 0 Å². The van der Waals surface area contributed by atoms with Crippen LogP contribution in [0.3, 0.4) is 0 Å². The molecule has 0 aliphatic rings. The van der Waals surface area contributed by atoms with Crippen molar-refractivity contribution in [1.29, 1.82) is 0 Å². The monoisotopic (exact) mass is 404 g/mol. The maximum Gasteiger partial charge on any atom is 0.264 e. The number of hydrogen-bond acceptors (Lipinski definition) is 4. The fourth-order valence-electron chi connectivity index (χ4n) is 2.77. The van der Waals surface area contributed by atoms with Gasteiger partial charge in [-0.15, -0.1) is 0 Å². The van der Waals surface area contributed by atoms with Crippen molar-refractivity contribution >= 4 is 21.6 Å². The second-order valence-electron chi connectivity index (χ2n) is 6.59. The van der Waals surface area contributed by atoms with Crippen molar-refractivity contribution in [3.05, 3.63) is 59.2 Å². The van der Waals surface area contributed by atoms with Crippen LogP contribution < -0.4 is 9.62 Å². The summed E-state index contributed by atoms with van der Waals surface area (Å²) in [7, 11) is -2.15. The number of nitrogens with zero attached hydrogens (tertiary/aromatic N) is 1. The van der Waals surface area contributed by atoms with E-state index in [4.69, 9.17) is 4.74 Å². The summed E-state index contributed by atoms with van der Waals surface area (Å²) in [5.41, 5.74) is 2.74. The largest absolute Gasteiger partial charge is 0.382 e. The number of hydrogen-bond donors (Lipinski definition) is 1. The molecule has 6 nitrogen and oxygen atoms in total. The predicted octanol–water partition coefficient (Wildman–Crippen LogP) is 3.28. The molecule has 0 saturated heterocycles. The molecule has 1 amide bonds. The van der Waals surface area contributed by atoms with Gasteiger partial charge in [0, 0.05) is 32.4 Å². The summed E-state index contributed by atoms with van der Waals surface area (Å²) >= 11 is 0. The van der Waals surface area contributed by atoms with E-state index in [0.29, 0.717) is 36.6 Å². The fraction of sp³-hybridized carbons (Fsp3) is 0.381. The molecule has 0 aromatic heterocycles. The number of benzene rings is 2. The molecule has 7 heteroatoms. The molecule has 1 N–H and O–H groups in total. The Bertz CT molecular complexity index is 909. The molecular weight excluding hydrogens is 376 g/mol. The van der Waals surface area contributed by atoms with E-state index >= 15 is 0 Å². The molecule has 2 aromatic carbocycles. The van der Waals surface area contributed by atoms with Crippen molar-refractivity contribution in [2.45, 2.75) is 32.1 Å². The summed E-state index contributed by atoms with van der Waals surface area (Å²) < 4.78 is 32.2. The van der Waals surface area contributed by atoms with Crippen LogP contribution in [0.1, 0.15) is 34.8 Å². The highest BCUT2D eigenvalue weighted by molar-refractivity contribution is 7.92. The molecule has 0 aliphatic heterocycles. The van der Waals surface area contributed by atoms with Crippen molar-refractivity contribution in [3.63, 3.8) is 0 Å². The smallest absolute Gasteiger partial charge is 0.264 e. The summed E-state index contributed by atoms with van der Waals surface area (Å²) in [6.07, 6.45) is 0.744. The molecule has 152 valence electrons. The lowest BCUT2D eigenvalue weighted by Crippen LogP contribution is -2.28. The van der Waals surface area contributed by atoms with Crippen LogP contribution >= 0.6 is 0 Å². The average molecular weight is 405 g/mol. The minimum atomic E-state index is -3.67. The minimum Gasteiger partial charge on any atom is -0.382 e. The van der Waals surface area contributed by atoms with E-state index in [9.17, 15) is 13.2 Å². The first-order valence-corrected chi connectivity index (χ1v) is 10.7. The molecule has 2 rings (SSSR count). The van der Waals surface area contributed by atoms with Gasteiger partial charge in [-0.3, -0.25) is 9.10 Å². The van der Waals surface area contributed by atoms with Crippen molar-refractivity contribution < 1.29 is 17.9 Å². The van der Waals surface area contributed by atoms with E-state index in [1.54, 1.807) is 49.4 Å². The number of nitrogens with one attached hydrogen (secondary N) is 1. The number of aryl methyl sites for hydroxylation is 2. The molecule has 0 aliphatic carbocycles. The number of amides is 1. The fourth-order valence-corrected chi connectivity index (χ4v) is 4.03. The third kappa shape index (κ3) is 5.33. The summed E-state index contributed by atoms with van der Waals surface area (Å²) in [6.45, 7) is 7.43. The van der Waals surface area contributed by atoms with E-state index in [-0.39, 0.29) is 10.8 Å². The van der Waals surface area contributed by atoms with Crippen LogP contribution in [0.2, 0.25) is 0 Å². The maximum atomic E-state index is 12.9. The van der Waals surface area contributed by atoms with Crippen molar-refractivity contribution in [3.8, 4) is 0 Å². The first-order chi connectivity index (χ1) is 13.3. The lowest BCUT2D eigenvalue weighted by molar-refractivity contribution is 0.0944. The third-order valence-corrected chi connectivity index (χ3v) is 6.22. The Labute approximate surface area is 167 Å². The third-order valence-electron chi connectivity index (χ3n) is 4.43. The zero-order chi connectivity index (χ0) is 20.7. The minimum absolute atomic E-state index is 0.185. The van der Waals surface area contributed by atoms with Crippen LogP contribution in [0.15, 0.2) is 47.4 Å². The van der Waals surface area contributed by atoms with E-state index in [1.165, 1.54) is 11.4 Å². The summed E-state index contributed by atoms with van der Waals surface area (Å²) in [5, 5.41) is 2.84. The summed E-state index contributed by atoms with van der Waals surface area (Å²) in [4.78, 5) is 12.5. The van der Waals surface area contributed by atoms with Crippen molar-refractivity contribution in [2.24, 2.45) is 0 Å². The zero-order valence-corrected chi connectivity index (χ0v) is 17.7. The molecule has 0 saturated carbocycles. The topological polar surface area (TPSA) is 75.7 Å². The highest BCUT2D eigenvalue weighted by Crippen LogP contribution is 2.26. The Morgan fingerprint density at radius 2 is 1.79 bits per heavy atom. The Kier molecular flexibility index (Phi) is 7.60. The number of carbonyl (C=O) groups excluding carboxylic acids is 1. The molecular formula is C21H28N2O4S. The van der Waals surface area contributed by atoms with E-state index in [0.717, 1.165) is 12.0 Å². The normalized spacial score (nSPS) is 11.3. The van der Waals surface area contributed by atoms with Gasteiger partial charge in [0.15, 0.2) is 0 Å². The standard InChI is InChI=1S/C21H28N2O4S/c1-5-27-14-6-13-22-21(24)18-9-12-20(17(3)15-18)23(4)28(25,26)19-10-7-16(2)8-11-19/h7-12,15H,5-6,13-14H2,1-4H3,(H,22,24). The molecule has 0 atom stereocenters. The second kappa shape index (κ2) is 9.71. The first kappa shape index (κ1) is 21.9. The molecule has 0 radical (unpaired) electrons. The number of rotatable bonds is 9. The van der Waals surface area contributed by atoms with Gasteiger partial charge in [0.2, 0.25) is 0 Å². The second-order valence-corrected chi connectivity index (χ2v) is 8.56. The highest BCUT2D eigenvalue weighted by atomic mass is 32.2. The van der Waals surface area contributed by atoms with E-state index in [2.05, 4.69) is 5.32 Å². The van der Waals surface area contributed by atoms with Crippen LogP contribution in [0.4, 0.5) is 5.69 Å². The Morgan fingerprint density at radius 3 is 2.39 bits per heavy atom. The molecule has 2 aromatic rings. The number of anilines is 1. The molecule has 0 spiro atoms. The van der Waals surface area contributed by atoms with Gasteiger partial charge in [-0.05, 0) is 63.1 Å². The van der Waals surface area contributed by atoms with Crippen molar-refractivity contribution in [2.75, 3.05) is 31.1 Å². The van der Waals surface area contributed by atoms with E-state index < -0.39 is 10.0 Å². The van der Waals surface area contributed by atoms with Crippen LogP contribution in [0.25, 0.3) is 0 Å². The van der Waals surface area contributed by atoms with Gasteiger partial charge in [-0.2, -0.15) is 0 Å². The van der Waals surface area contributed by atoms with Gasteiger partial charge >= 0.3 is 0 Å². The van der Waals surface area contributed by atoms with Crippen LogP contribution in [-0.4, -0.2) is 41.1 Å². The summed E-state index contributed by atoms with van der Waals surface area (Å²) in [6, 6.07) is 11.7. The number of sulfonamides is 1. The zero-order valence-electron chi connectivity index (χ0n) is 16.9. The molecule has 0 unspecified atom stereocenters. The molecule has 0 bridgehead atoms. The Hall–Kier alpha value is -2.38. The highest BCUT2D eigenvalue weighted by Gasteiger charge is 2.22. The Balaban J connectivity index is 2.12. The van der Waals surface area contributed by atoms with Gasteiger partial charge in [-0.25, -0.2) is 8.42 Å². The lowest BCUT2D eigenvalue weighted by atomic mass is 10.1. The first-order valence-electron chi connectivity index (χ1n) is 9.29. The number of ether oxygens (including phenoxy) is 1. The van der Waals surface area contributed by atoms with Gasteiger partial charge in [0.05, 0.1) is 10.6 Å².